The van der Waals surface area contributed by atoms with Crippen molar-refractivity contribution >= 4 is 0 Å². The molecule has 1 aliphatic carbocycles. The van der Waals surface area contributed by atoms with Crippen LogP contribution in [0.25, 0.3) is 0 Å². The van der Waals surface area contributed by atoms with E-state index in [4.69, 9.17) is 0 Å². The second-order valence-electron chi connectivity index (χ2n) is 5.43. The van der Waals surface area contributed by atoms with Gasteiger partial charge in [-0.15, -0.1) is 0 Å². The van der Waals surface area contributed by atoms with Gasteiger partial charge in [0.2, 0.25) is 0 Å². The Bertz CT molecular complexity index is 179. The number of nitrogens with one attached hydrogen (secondary N) is 1. The molecule has 0 aromatic heterocycles. The second kappa shape index (κ2) is 5.86. The molecule has 0 aromatic rings. The summed E-state index contributed by atoms with van der Waals surface area (Å²) in [6.45, 7) is 8.38. The lowest BCUT2D eigenvalue weighted by atomic mass is 9.73. The van der Waals surface area contributed by atoms with Crippen molar-refractivity contribution in [1.82, 2.24) is 5.32 Å². The maximum Gasteiger partial charge on any atom is 0.0660 e. The van der Waals surface area contributed by atoms with E-state index in [0.29, 0.717) is 5.92 Å². The van der Waals surface area contributed by atoms with Crippen LogP contribution in [0.1, 0.15) is 52.9 Å². The zero-order chi connectivity index (χ0) is 11.3. The third-order valence-corrected chi connectivity index (χ3v) is 3.87. The molecule has 3 atom stereocenters. The molecule has 1 fully saturated rings. The Hall–Kier alpha value is -0.0800. The van der Waals surface area contributed by atoms with E-state index in [-0.39, 0.29) is 0 Å². The smallest absolute Gasteiger partial charge is 0.0660 e. The van der Waals surface area contributed by atoms with E-state index in [1.54, 1.807) is 0 Å². The molecule has 2 N–H and O–H groups in total. The van der Waals surface area contributed by atoms with E-state index in [9.17, 15) is 5.11 Å². The summed E-state index contributed by atoms with van der Waals surface area (Å²) in [6.07, 6.45) is 5.95. The van der Waals surface area contributed by atoms with Gasteiger partial charge in [0.25, 0.3) is 0 Å². The van der Waals surface area contributed by atoms with Gasteiger partial charge in [0.05, 0.1) is 5.60 Å². The molecule has 2 nitrogen and oxygen atoms in total. The summed E-state index contributed by atoms with van der Waals surface area (Å²) in [5.41, 5.74) is -0.461. The fourth-order valence-electron chi connectivity index (χ4n) is 2.72. The Labute approximate surface area is 94.5 Å². The average molecular weight is 213 g/mol. The van der Waals surface area contributed by atoms with Gasteiger partial charge in [0.1, 0.15) is 0 Å². The van der Waals surface area contributed by atoms with Crippen LogP contribution in [0.4, 0.5) is 0 Å². The summed E-state index contributed by atoms with van der Waals surface area (Å²) >= 11 is 0. The van der Waals surface area contributed by atoms with Crippen molar-refractivity contribution in [3.63, 3.8) is 0 Å². The topological polar surface area (TPSA) is 32.3 Å². The zero-order valence-corrected chi connectivity index (χ0v) is 10.6. The summed E-state index contributed by atoms with van der Waals surface area (Å²) in [5.74, 6) is 1.31. The predicted molar refractivity (Wildman–Crippen MR) is 64.9 cm³/mol. The SMILES string of the molecule is CCNCCC(C)(O)C1CCCC(C)C1. The maximum absolute atomic E-state index is 10.4. The zero-order valence-electron chi connectivity index (χ0n) is 10.6. The van der Waals surface area contributed by atoms with Gasteiger partial charge in [0, 0.05) is 0 Å². The van der Waals surface area contributed by atoms with E-state index in [1.165, 1.54) is 25.7 Å². The number of hydrogen-bond donors (Lipinski definition) is 2. The molecule has 3 unspecified atom stereocenters. The molecule has 1 saturated carbocycles. The quantitative estimate of drug-likeness (QED) is 0.688. The van der Waals surface area contributed by atoms with E-state index >= 15 is 0 Å². The molecule has 0 aromatic carbocycles. The first-order valence-electron chi connectivity index (χ1n) is 6.49. The minimum absolute atomic E-state index is 0.461. The largest absolute Gasteiger partial charge is 0.390 e. The van der Waals surface area contributed by atoms with Crippen molar-refractivity contribution in [2.24, 2.45) is 11.8 Å². The van der Waals surface area contributed by atoms with Crippen LogP contribution in [0, 0.1) is 11.8 Å². The summed E-state index contributed by atoms with van der Waals surface area (Å²) in [6, 6.07) is 0. The lowest BCUT2D eigenvalue weighted by Gasteiger charge is -2.38. The monoisotopic (exact) mass is 213 g/mol. The van der Waals surface area contributed by atoms with Gasteiger partial charge < -0.3 is 10.4 Å². The molecule has 0 radical (unpaired) electrons. The Balaban J connectivity index is 2.37. The fraction of sp³-hybridized carbons (Fsp3) is 1.00. The van der Waals surface area contributed by atoms with Crippen LogP contribution >= 0.6 is 0 Å². The molecule has 0 spiro atoms. The van der Waals surface area contributed by atoms with Gasteiger partial charge in [-0.1, -0.05) is 26.7 Å². The van der Waals surface area contributed by atoms with Gasteiger partial charge >= 0.3 is 0 Å². The van der Waals surface area contributed by atoms with E-state index in [0.717, 1.165) is 25.4 Å². The van der Waals surface area contributed by atoms with Gasteiger partial charge in [-0.2, -0.15) is 0 Å². The Morgan fingerprint density at radius 3 is 2.73 bits per heavy atom. The minimum Gasteiger partial charge on any atom is -0.390 e. The van der Waals surface area contributed by atoms with Crippen LogP contribution in [0.3, 0.4) is 0 Å². The van der Waals surface area contributed by atoms with Crippen molar-refractivity contribution in [2.75, 3.05) is 13.1 Å². The third kappa shape index (κ3) is 4.12. The molecule has 1 aliphatic rings. The maximum atomic E-state index is 10.4. The van der Waals surface area contributed by atoms with Crippen LogP contribution in [0.2, 0.25) is 0 Å². The normalized spacial score (nSPS) is 31.2. The predicted octanol–water partition coefficient (Wildman–Crippen LogP) is 2.56. The van der Waals surface area contributed by atoms with Crippen LogP contribution in [-0.2, 0) is 0 Å². The van der Waals surface area contributed by atoms with Crippen molar-refractivity contribution in [3.05, 3.63) is 0 Å². The average Bonchev–Trinajstić information content (AvgIpc) is 2.18. The van der Waals surface area contributed by atoms with Crippen molar-refractivity contribution in [1.29, 1.82) is 0 Å². The summed E-state index contributed by atoms with van der Waals surface area (Å²) < 4.78 is 0. The highest BCUT2D eigenvalue weighted by molar-refractivity contribution is 4.86. The van der Waals surface area contributed by atoms with Crippen LogP contribution in [0.15, 0.2) is 0 Å². The van der Waals surface area contributed by atoms with Crippen molar-refractivity contribution < 1.29 is 5.11 Å². The van der Waals surface area contributed by atoms with E-state index in [2.05, 4.69) is 19.2 Å². The highest BCUT2D eigenvalue weighted by atomic mass is 16.3. The van der Waals surface area contributed by atoms with E-state index < -0.39 is 5.60 Å². The fourth-order valence-corrected chi connectivity index (χ4v) is 2.72. The number of aliphatic hydroxyl groups is 1. The first kappa shape index (κ1) is 13.0. The van der Waals surface area contributed by atoms with Gasteiger partial charge in [0.15, 0.2) is 0 Å². The van der Waals surface area contributed by atoms with Crippen LogP contribution in [0.5, 0.6) is 0 Å². The molecule has 0 aliphatic heterocycles. The molecule has 0 amide bonds. The number of hydrogen-bond acceptors (Lipinski definition) is 2. The molecular weight excluding hydrogens is 186 g/mol. The highest BCUT2D eigenvalue weighted by Gasteiger charge is 2.33. The molecule has 2 heteroatoms. The molecule has 90 valence electrons. The summed E-state index contributed by atoms with van der Waals surface area (Å²) in [5, 5.41) is 13.7. The molecule has 0 saturated heterocycles. The summed E-state index contributed by atoms with van der Waals surface area (Å²) in [4.78, 5) is 0. The minimum atomic E-state index is -0.461. The standard InChI is InChI=1S/C13H27NO/c1-4-14-9-8-13(3,15)12-7-5-6-11(2)10-12/h11-12,14-15H,4-10H2,1-3H3. The molecule has 15 heavy (non-hydrogen) atoms. The Kier molecular flexibility index (Phi) is 5.07. The van der Waals surface area contributed by atoms with Gasteiger partial charge in [-0.05, 0) is 51.1 Å². The molecule has 0 heterocycles. The highest BCUT2D eigenvalue weighted by Crippen LogP contribution is 2.36. The molecular formula is C13H27NO. The van der Waals surface area contributed by atoms with Crippen molar-refractivity contribution in [3.8, 4) is 0 Å². The molecule has 0 bridgehead atoms. The lowest BCUT2D eigenvalue weighted by molar-refractivity contribution is -0.0303. The van der Waals surface area contributed by atoms with Crippen LogP contribution < -0.4 is 5.32 Å². The Morgan fingerprint density at radius 1 is 1.40 bits per heavy atom. The van der Waals surface area contributed by atoms with Gasteiger partial charge in [-0.3, -0.25) is 0 Å². The first-order chi connectivity index (χ1) is 7.06. The number of rotatable bonds is 5. The van der Waals surface area contributed by atoms with Crippen molar-refractivity contribution in [2.45, 2.75) is 58.5 Å². The third-order valence-electron chi connectivity index (χ3n) is 3.87. The van der Waals surface area contributed by atoms with E-state index in [1.807, 2.05) is 6.92 Å². The second-order valence-corrected chi connectivity index (χ2v) is 5.43. The first-order valence-corrected chi connectivity index (χ1v) is 6.49. The van der Waals surface area contributed by atoms with Crippen LogP contribution in [-0.4, -0.2) is 23.8 Å². The Morgan fingerprint density at radius 2 is 2.13 bits per heavy atom. The summed E-state index contributed by atoms with van der Waals surface area (Å²) in [7, 11) is 0. The lowest BCUT2D eigenvalue weighted by Crippen LogP contribution is -2.40. The molecule has 1 rings (SSSR count). The van der Waals surface area contributed by atoms with Gasteiger partial charge in [-0.25, -0.2) is 0 Å².